The second-order valence-corrected chi connectivity index (χ2v) is 7.27. The van der Waals surface area contributed by atoms with E-state index < -0.39 is 9.84 Å². The van der Waals surface area contributed by atoms with Crippen LogP contribution in [0, 0.1) is 0 Å². The van der Waals surface area contributed by atoms with Gasteiger partial charge in [0.25, 0.3) is 0 Å². The van der Waals surface area contributed by atoms with Crippen LogP contribution in [-0.2, 0) is 16.4 Å². The smallest absolute Gasteiger partial charge is 0.151 e. The maximum Gasteiger partial charge on any atom is 0.151 e. The van der Waals surface area contributed by atoms with Gasteiger partial charge in [-0.3, -0.25) is 0 Å². The first-order valence-corrected chi connectivity index (χ1v) is 7.98. The molecule has 1 N–H and O–H groups in total. The Morgan fingerprint density at radius 1 is 1.28 bits per heavy atom. The first-order valence-electron chi connectivity index (χ1n) is 6.16. The van der Waals surface area contributed by atoms with E-state index in [2.05, 4.69) is 34.5 Å². The molecular weight excluding hydrogens is 248 g/mol. The summed E-state index contributed by atoms with van der Waals surface area (Å²) in [4.78, 5) is 2.06. The number of anilines is 1. The van der Waals surface area contributed by atoms with Gasteiger partial charge in [0.15, 0.2) is 9.84 Å². The van der Waals surface area contributed by atoms with E-state index in [9.17, 15) is 8.42 Å². The van der Waals surface area contributed by atoms with E-state index in [1.807, 2.05) is 14.1 Å². The van der Waals surface area contributed by atoms with Crippen molar-refractivity contribution >= 4 is 15.5 Å². The minimum atomic E-state index is -2.79. The van der Waals surface area contributed by atoms with Gasteiger partial charge in [0.05, 0.1) is 11.5 Å². The zero-order chi connectivity index (χ0) is 13.2. The first-order chi connectivity index (χ1) is 8.46. The first kappa shape index (κ1) is 13.4. The fraction of sp³-hybridized carbons (Fsp3) is 0.538. The Labute approximate surface area is 109 Å². The lowest BCUT2D eigenvalue weighted by molar-refractivity contribution is 0.554. The lowest BCUT2D eigenvalue weighted by atomic mass is 10.2. The van der Waals surface area contributed by atoms with Crippen molar-refractivity contribution in [1.29, 1.82) is 0 Å². The third kappa shape index (κ3) is 3.46. The predicted octanol–water partition coefficient (Wildman–Crippen LogP) is 1.03. The summed E-state index contributed by atoms with van der Waals surface area (Å²) in [7, 11) is 1.23. The second-order valence-electron chi connectivity index (χ2n) is 5.04. The van der Waals surface area contributed by atoms with Gasteiger partial charge in [0.1, 0.15) is 0 Å². The molecule has 0 aromatic heterocycles. The monoisotopic (exact) mass is 268 g/mol. The molecule has 1 aromatic rings. The summed E-state index contributed by atoms with van der Waals surface area (Å²) >= 11 is 0. The summed E-state index contributed by atoms with van der Waals surface area (Å²) in [6, 6.07) is 8.41. The average molecular weight is 268 g/mol. The number of rotatable bonds is 4. The van der Waals surface area contributed by atoms with Crippen LogP contribution in [0.1, 0.15) is 12.0 Å². The maximum atomic E-state index is 11.3. The molecule has 0 bridgehead atoms. The summed E-state index contributed by atoms with van der Waals surface area (Å²) in [6.07, 6.45) is 0.734. The molecular formula is C13H20N2O2S. The van der Waals surface area contributed by atoms with Crippen molar-refractivity contribution in [3.8, 4) is 0 Å². The SMILES string of the molecule is CN(C)c1ccc(CN[C@@H]2CCS(=O)(=O)C2)cc1. The molecule has 1 aliphatic rings. The highest BCUT2D eigenvalue weighted by Gasteiger charge is 2.27. The summed E-state index contributed by atoms with van der Waals surface area (Å²) in [6.45, 7) is 0.730. The summed E-state index contributed by atoms with van der Waals surface area (Å²) in [5.41, 5.74) is 2.35. The third-order valence-electron chi connectivity index (χ3n) is 3.28. The van der Waals surface area contributed by atoms with Crippen LogP contribution in [0.25, 0.3) is 0 Å². The Kier molecular flexibility index (Phi) is 3.92. The molecule has 1 aliphatic heterocycles. The van der Waals surface area contributed by atoms with Crippen molar-refractivity contribution in [2.24, 2.45) is 0 Å². The molecule has 1 saturated heterocycles. The van der Waals surface area contributed by atoms with Crippen molar-refractivity contribution in [2.45, 2.75) is 19.0 Å². The lowest BCUT2D eigenvalue weighted by Gasteiger charge is -2.14. The minimum Gasteiger partial charge on any atom is -0.378 e. The predicted molar refractivity (Wildman–Crippen MR) is 74.7 cm³/mol. The van der Waals surface area contributed by atoms with Crippen LogP contribution in [-0.4, -0.2) is 40.1 Å². The third-order valence-corrected chi connectivity index (χ3v) is 5.05. The van der Waals surface area contributed by atoms with Crippen molar-refractivity contribution in [3.05, 3.63) is 29.8 Å². The number of sulfone groups is 1. The van der Waals surface area contributed by atoms with Crippen LogP contribution in [0.15, 0.2) is 24.3 Å². The van der Waals surface area contributed by atoms with Gasteiger partial charge in [-0.1, -0.05) is 12.1 Å². The highest BCUT2D eigenvalue weighted by Crippen LogP contribution is 2.14. The molecule has 1 atom stereocenters. The molecule has 0 saturated carbocycles. The summed E-state index contributed by atoms with van der Waals surface area (Å²) in [5.74, 6) is 0.604. The van der Waals surface area contributed by atoms with Crippen molar-refractivity contribution in [1.82, 2.24) is 5.32 Å². The van der Waals surface area contributed by atoms with Crippen molar-refractivity contribution < 1.29 is 8.42 Å². The number of nitrogens with zero attached hydrogens (tertiary/aromatic N) is 1. The quantitative estimate of drug-likeness (QED) is 0.886. The van der Waals surface area contributed by atoms with E-state index in [1.54, 1.807) is 0 Å². The minimum absolute atomic E-state index is 0.114. The summed E-state index contributed by atoms with van der Waals surface area (Å²) in [5, 5.41) is 3.31. The molecule has 5 heteroatoms. The average Bonchev–Trinajstić information content (AvgIpc) is 2.67. The van der Waals surface area contributed by atoms with Crippen molar-refractivity contribution in [3.63, 3.8) is 0 Å². The van der Waals surface area contributed by atoms with Gasteiger partial charge in [0.2, 0.25) is 0 Å². The maximum absolute atomic E-state index is 11.3. The van der Waals surface area contributed by atoms with Gasteiger partial charge in [-0.15, -0.1) is 0 Å². The molecule has 4 nitrogen and oxygen atoms in total. The highest BCUT2D eigenvalue weighted by atomic mass is 32.2. The number of hydrogen-bond acceptors (Lipinski definition) is 4. The van der Waals surface area contributed by atoms with Gasteiger partial charge < -0.3 is 10.2 Å². The zero-order valence-electron chi connectivity index (χ0n) is 10.9. The topological polar surface area (TPSA) is 49.4 Å². The van der Waals surface area contributed by atoms with Crippen LogP contribution in [0.3, 0.4) is 0 Å². The molecule has 1 heterocycles. The largest absolute Gasteiger partial charge is 0.378 e. The molecule has 1 fully saturated rings. The molecule has 0 unspecified atom stereocenters. The molecule has 0 radical (unpaired) electrons. The second kappa shape index (κ2) is 5.28. The Bertz CT molecular complexity index is 494. The Balaban J connectivity index is 1.87. The standard InChI is InChI=1S/C13H20N2O2S/c1-15(2)13-5-3-11(4-6-13)9-14-12-7-8-18(16,17)10-12/h3-6,12,14H,7-10H2,1-2H3/t12-/m1/s1. The van der Waals surface area contributed by atoms with Gasteiger partial charge in [-0.2, -0.15) is 0 Å². The number of hydrogen-bond donors (Lipinski definition) is 1. The van der Waals surface area contributed by atoms with E-state index >= 15 is 0 Å². The Hall–Kier alpha value is -1.07. The summed E-state index contributed by atoms with van der Waals surface area (Å²) < 4.78 is 22.7. The fourth-order valence-corrected chi connectivity index (χ4v) is 3.84. The molecule has 18 heavy (non-hydrogen) atoms. The fourth-order valence-electron chi connectivity index (χ4n) is 2.13. The molecule has 0 aliphatic carbocycles. The van der Waals surface area contributed by atoms with Crippen LogP contribution in [0.5, 0.6) is 0 Å². The van der Waals surface area contributed by atoms with Gasteiger partial charge in [-0.05, 0) is 24.1 Å². The van der Waals surface area contributed by atoms with E-state index in [-0.39, 0.29) is 11.8 Å². The normalized spacial score (nSPS) is 22.0. The van der Waals surface area contributed by atoms with E-state index in [1.165, 1.54) is 11.3 Å². The Morgan fingerprint density at radius 2 is 1.94 bits per heavy atom. The number of nitrogens with one attached hydrogen (secondary N) is 1. The highest BCUT2D eigenvalue weighted by molar-refractivity contribution is 7.91. The van der Waals surface area contributed by atoms with E-state index in [0.29, 0.717) is 5.75 Å². The van der Waals surface area contributed by atoms with E-state index in [0.717, 1.165) is 13.0 Å². The Morgan fingerprint density at radius 3 is 2.44 bits per heavy atom. The molecule has 1 aromatic carbocycles. The molecule has 0 spiro atoms. The molecule has 100 valence electrons. The lowest BCUT2D eigenvalue weighted by Crippen LogP contribution is -2.29. The molecule has 2 rings (SSSR count). The number of benzene rings is 1. The van der Waals surface area contributed by atoms with Crippen LogP contribution in [0.4, 0.5) is 5.69 Å². The molecule has 0 amide bonds. The van der Waals surface area contributed by atoms with Gasteiger partial charge >= 0.3 is 0 Å². The van der Waals surface area contributed by atoms with E-state index in [4.69, 9.17) is 0 Å². The zero-order valence-corrected chi connectivity index (χ0v) is 11.7. The van der Waals surface area contributed by atoms with Gasteiger partial charge in [0, 0.05) is 32.4 Å². The van der Waals surface area contributed by atoms with Crippen LogP contribution in [0.2, 0.25) is 0 Å². The van der Waals surface area contributed by atoms with Crippen LogP contribution >= 0.6 is 0 Å². The van der Waals surface area contributed by atoms with Gasteiger partial charge in [-0.25, -0.2) is 8.42 Å². The van der Waals surface area contributed by atoms with Crippen molar-refractivity contribution in [2.75, 3.05) is 30.5 Å². The van der Waals surface area contributed by atoms with Crippen LogP contribution < -0.4 is 10.2 Å².